The number of Topliss-reactive ketones (excluding diaryl/α,β-unsaturated/α-hetero) is 1. The minimum absolute atomic E-state index is 0.00786. The second-order valence-electron chi connectivity index (χ2n) is 7.62. The Labute approximate surface area is 192 Å². The summed E-state index contributed by atoms with van der Waals surface area (Å²) < 4.78 is 36.7. The number of carbonyl (C=O) groups is 1. The molecule has 0 fully saturated rings. The third-order valence-electron chi connectivity index (χ3n) is 4.92. The Hall–Kier alpha value is -1.70. The molecule has 9 heteroatoms. The predicted molar refractivity (Wildman–Crippen MR) is 118 cm³/mol. The van der Waals surface area contributed by atoms with Crippen LogP contribution < -0.4 is 0 Å². The zero-order valence-corrected chi connectivity index (χ0v) is 19.2. The van der Waals surface area contributed by atoms with Crippen molar-refractivity contribution in [2.24, 2.45) is 5.16 Å². The normalized spacial score (nSPS) is 18.6. The Morgan fingerprint density at radius 3 is 2.48 bits per heavy atom. The smallest absolute Gasteiger partial charge is 0.384 e. The van der Waals surface area contributed by atoms with Gasteiger partial charge >= 0.3 is 6.18 Å². The Kier molecular flexibility index (Phi) is 7.28. The molecule has 1 aliphatic rings. The summed E-state index contributed by atoms with van der Waals surface area (Å²) in [6.45, 7) is 3.80. The standard InChI is InChI=1S/C22H20Cl2F3NO2S/c1-13-7-14(3-4-20(13)31-12-18(29)5-6-22(25,26)27)19-11-21(2,30-28-19)15-8-16(23)10-17(24)9-15/h3-4,7-10H,5-6,11-12H2,1-2H3/t21-/m0/s1. The zero-order valence-electron chi connectivity index (χ0n) is 16.9. The van der Waals surface area contributed by atoms with E-state index in [9.17, 15) is 18.0 Å². The molecule has 2 aromatic carbocycles. The zero-order chi connectivity index (χ0) is 22.8. The van der Waals surface area contributed by atoms with E-state index < -0.39 is 30.4 Å². The van der Waals surface area contributed by atoms with E-state index in [4.69, 9.17) is 28.0 Å². The van der Waals surface area contributed by atoms with Crippen LogP contribution in [0.4, 0.5) is 13.2 Å². The van der Waals surface area contributed by atoms with E-state index in [1.54, 1.807) is 18.2 Å². The van der Waals surface area contributed by atoms with Crippen molar-refractivity contribution in [3.63, 3.8) is 0 Å². The molecule has 0 aliphatic carbocycles. The lowest BCUT2D eigenvalue weighted by Gasteiger charge is -2.22. The lowest BCUT2D eigenvalue weighted by molar-refractivity contribution is -0.142. The van der Waals surface area contributed by atoms with Crippen molar-refractivity contribution < 1.29 is 22.8 Å². The monoisotopic (exact) mass is 489 g/mol. The summed E-state index contributed by atoms with van der Waals surface area (Å²) in [5, 5.41) is 5.28. The minimum atomic E-state index is -4.31. The second-order valence-corrected chi connectivity index (χ2v) is 9.51. The molecule has 31 heavy (non-hydrogen) atoms. The summed E-state index contributed by atoms with van der Waals surface area (Å²) in [5.41, 5.74) is 2.68. The molecule has 1 heterocycles. The maximum atomic E-state index is 12.2. The molecule has 3 nitrogen and oxygen atoms in total. The third-order valence-corrected chi connectivity index (χ3v) is 6.59. The molecule has 0 radical (unpaired) electrons. The van der Waals surface area contributed by atoms with Crippen LogP contribution in [-0.2, 0) is 15.2 Å². The van der Waals surface area contributed by atoms with E-state index in [0.717, 1.165) is 27.3 Å². The van der Waals surface area contributed by atoms with Gasteiger partial charge in [0, 0.05) is 33.3 Å². The van der Waals surface area contributed by atoms with Crippen molar-refractivity contribution in [2.45, 2.75) is 49.8 Å². The Balaban J connectivity index is 1.64. The number of hydrogen-bond acceptors (Lipinski definition) is 4. The number of ketones is 1. The summed E-state index contributed by atoms with van der Waals surface area (Å²) in [5.74, 6) is -0.413. The quantitative estimate of drug-likeness (QED) is 0.381. The Bertz CT molecular complexity index is 1010. The average molecular weight is 490 g/mol. The van der Waals surface area contributed by atoms with Gasteiger partial charge in [-0.2, -0.15) is 13.2 Å². The molecule has 0 saturated carbocycles. The SMILES string of the molecule is Cc1cc(C2=NO[C@](C)(c3cc(Cl)cc(Cl)c3)C2)ccc1SCC(=O)CCC(F)(F)F. The molecular weight excluding hydrogens is 470 g/mol. The lowest BCUT2D eigenvalue weighted by atomic mass is 9.89. The van der Waals surface area contributed by atoms with Crippen LogP contribution in [-0.4, -0.2) is 23.4 Å². The molecule has 1 aliphatic heterocycles. The lowest BCUT2D eigenvalue weighted by Crippen LogP contribution is -2.22. The largest absolute Gasteiger partial charge is 0.389 e. The fraction of sp³-hybridized carbons (Fsp3) is 0.364. The number of carbonyl (C=O) groups excluding carboxylic acids is 1. The second kappa shape index (κ2) is 9.43. The fourth-order valence-electron chi connectivity index (χ4n) is 3.21. The van der Waals surface area contributed by atoms with Gasteiger partial charge in [-0.05, 0) is 55.3 Å². The van der Waals surface area contributed by atoms with Gasteiger partial charge in [0.05, 0.1) is 17.9 Å². The van der Waals surface area contributed by atoms with E-state index in [1.165, 1.54) is 11.8 Å². The Morgan fingerprint density at radius 1 is 1.19 bits per heavy atom. The van der Waals surface area contributed by atoms with Crippen molar-refractivity contribution in [3.05, 3.63) is 63.1 Å². The van der Waals surface area contributed by atoms with Gasteiger partial charge in [0.2, 0.25) is 0 Å². The van der Waals surface area contributed by atoms with Crippen LogP contribution in [0.3, 0.4) is 0 Å². The molecule has 0 spiro atoms. The molecule has 0 N–H and O–H groups in total. The number of halogens is 5. The predicted octanol–water partition coefficient (Wildman–Crippen LogP) is 7.35. The number of oxime groups is 1. The first-order valence-electron chi connectivity index (χ1n) is 9.49. The first-order valence-corrected chi connectivity index (χ1v) is 11.2. The van der Waals surface area contributed by atoms with E-state index >= 15 is 0 Å². The van der Waals surface area contributed by atoms with E-state index in [0.29, 0.717) is 16.5 Å². The molecular formula is C22H20Cl2F3NO2S. The fourth-order valence-corrected chi connectivity index (χ4v) is 4.65. The summed E-state index contributed by atoms with van der Waals surface area (Å²) in [4.78, 5) is 18.3. The molecule has 1 atom stereocenters. The van der Waals surface area contributed by atoms with Crippen LogP contribution in [0, 0.1) is 6.92 Å². The summed E-state index contributed by atoms with van der Waals surface area (Å²) in [6, 6.07) is 10.9. The van der Waals surface area contributed by atoms with Gasteiger partial charge in [0.1, 0.15) is 5.78 Å². The molecule has 166 valence electrons. The molecule has 0 amide bonds. The van der Waals surface area contributed by atoms with Gasteiger partial charge in [-0.15, -0.1) is 11.8 Å². The average Bonchev–Trinajstić information content (AvgIpc) is 3.07. The first kappa shape index (κ1) is 24.0. The highest BCUT2D eigenvalue weighted by atomic mass is 35.5. The summed E-state index contributed by atoms with van der Waals surface area (Å²) in [6.07, 6.45) is -5.37. The maximum Gasteiger partial charge on any atom is 0.389 e. The number of alkyl halides is 3. The molecule has 0 bridgehead atoms. The third kappa shape index (κ3) is 6.40. The number of aryl methyl sites for hydroxylation is 1. The van der Waals surface area contributed by atoms with Crippen LogP contribution >= 0.6 is 35.0 Å². The summed E-state index contributed by atoms with van der Waals surface area (Å²) in [7, 11) is 0. The van der Waals surface area contributed by atoms with Gasteiger partial charge in [0.25, 0.3) is 0 Å². The van der Waals surface area contributed by atoms with Crippen molar-refractivity contribution in [1.29, 1.82) is 0 Å². The number of benzene rings is 2. The molecule has 0 unspecified atom stereocenters. The van der Waals surface area contributed by atoms with E-state index in [2.05, 4.69) is 5.16 Å². The van der Waals surface area contributed by atoms with Crippen molar-refractivity contribution >= 4 is 46.5 Å². The number of nitrogens with zero attached hydrogens (tertiary/aromatic N) is 1. The van der Waals surface area contributed by atoms with E-state index in [-0.39, 0.29) is 5.75 Å². The van der Waals surface area contributed by atoms with Crippen LogP contribution in [0.5, 0.6) is 0 Å². The molecule has 2 aromatic rings. The van der Waals surface area contributed by atoms with E-state index in [1.807, 2.05) is 32.0 Å². The van der Waals surface area contributed by atoms with Crippen LogP contribution in [0.25, 0.3) is 0 Å². The van der Waals surface area contributed by atoms with Crippen molar-refractivity contribution in [1.82, 2.24) is 0 Å². The molecule has 3 rings (SSSR count). The van der Waals surface area contributed by atoms with Crippen molar-refractivity contribution in [2.75, 3.05) is 5.75 Å². The number of thioether (sulfide) groups is 1. The highest BCUT2D eigenvalue weighted by Gasteiger charge is 2.37. The maximum absolute atomic E-state index is 12.2. The van der Waals surface area contributed by atoms with Crippen LogP contribution in [0.15, 0.2) is 46.4 Å². The molecule has 0 aromatic heterocycles. The van der Waals surface area contributed by atoms with Crippen molar-refractivity contribution in [3.8, 4) is 0 Å². The van der Waals surface area contributed by atoms with Crippen LogP contribution in [0.1, 0.15) is 42.9 Å². The van der Waals surface area contributed by atoms with Gasteiger partial charge in [-0.3, -0.25) is 4.79 Å². The van der Waals surface area contributed by atoms with Gasteiger partial charge in [0.15, 0.2) is 5.60 Å². The first-order chi connectivity index (χ1) is 14.4. The highest BCUT2D eigenvalue weighted by Crippen LogP contribution is 2.38. The Morgan fingerprint density at radius 2 is 1.87 bits per heavy atom. The topological polar surface area (TPSA) is 38.7 Å². The number of hydrogen-bond donors (Lipinski definition) is 0. The minimum Gasteiger partial charge on any atom is -0.384 e. The van der Waals surface area contributed by atoms with Gasteiger partial charge in [-0.1, -0.05) is 34.4 Å². The van der Waals surface area contributed by atoms with Gasteiger partial charge in [-0.25, -0.2) is 0 Å². The summed E-state index contributed by atoms with van der Waals surface area (Å²) >= 11 is 13.5. The van der Waals surface area contributed by atoms with Crippen LogP contribution in [0.2, 0.25) is 10.0 Å². The highest BCUT2D eigenvalue weighted by molar-refractivity contribution is 8.00. The van der Waals surface area contributed by atoms with Gasteiger partial charge < -0.3 is 4.84 Å². The number of rotatable bonds is 7. The molecule has 0 saturated heterocycles.